The van der Waals surface area contributed by atoms with Crippen molar-refractivity contribution in [3.05, 3.63) is 47.3 Å². The molecular weight excluding hydrogens is 240 g/mol. The molecule has 0 radical (unpaired) electrons. The van der Waals surface area contributed by atoms with E-state index in [2.05, 4.69) is 20.3 Å². The number of rotatable bonds is 4. The standard InChI is InChI=1S/C11H11ClN4O/c12-10-5-8(1-3-14-10)11(17)15-4-2-9-6-13-7-16-9/h1,3,5-7H,2,4H2,(H,13,16)(H,15,17). The minimum absolute atomic E-state index is 0.159. The van der Waals surface area contributed by atoms with E-state index >= 15 is 0 Å². The Morgan fingerprint density at radius 3 is 3.12 bits per heavy atom. The number of imidazole rings is 1. The Labute approximate surface area is 103 Å². The third kappa shape index (κ3) is 3.29. The molecule has 0 saturated carbocycles. The van der Waals surface area contributed by atoms with Crippen molar-refractivity contribution in [2.24, 2.45) is 0 Å². The lowest BCUT2D eigenvalue weighted by molar-refractivity contribution is 0.0954. The first-order chi connectivity index (χ1) is 8.25. The molecule has 0 saturated heterocycles. The molecule has 17 heavy (non-hydrogen) atoms. The average Bonchev–Trinajstić information content (AvgIpc) is 2.82. The first-order valence-corrected chi connectivity index (χ1v) is 5.50. The van der Waals surface area contributed by atoms with Gasteiger partial charge in [0.05, 0.1) is 6.33 Å². The van der Waals surface area contributed by atoms with E-state index in [4.69, 9.17) is 11.6 Å². The third-order valence-electron chi connectivity index (χ3n) is 2.22. The zero-order valence-corrected chi connectivity index (χ0v) is 9.74. The van der Waals surface area contributed by atoms with Crippen molar-refractivity contribution in [2.45, 2.75) is 6.42 Å². The minimum atomic E-state index is -0.159. The number of hydrogen-bond donors (Lipinski definition) is 2. The van der Waals surface area contributed by atoms with E-state index in [1.165, 1.54) is 12.3 Å². The van der Waals surface area contributed by atoms with E-state index in [0.717, 1.165) is 5.69 Å². The second-order valence-electron chi connectivity index (χ2n) is 3.45. The largest absolute Gasteiger partial charge is 0.352 e. The molecule has 0 unspecified atom stereocenters. The highest BCUT2D eigenvalue weighted by atomic mass is 35.5. The van der Waals surface area contributed by atoms with Gasteiger partial charge >= 0.3 is 0 Å². The van der Waals surface area contributed by atoms with Crippen LogP contribution in [0.5, 0.6) is 0 Å². The summed E-state index contributed by atoms with van der Waals surface area (Å²) in [5.74, 6) is -0.159. The molecule has 0 aromatic carbocycles. The van der Waals surface area contributed by atoms with Crippen LogP contribution < -0.4 is 5.32 Å². The molecule has 5 nitrogen and oxygen atoms in total. The number of halogens is 1. The number of aromatic nitrogens is 3. The summed E-state index contributed by atoms with van der Waals surface area (Å²) >= 11 is 5.70. The summed E-state index contributed by atoms with van der Waals surface area (Å²) in [6.07, 6.45) is 5.56. The van der Waals surface area contributed by atoms with Crippen molar-refractivity contribution < 1.29 is 4.79 Å². The number of carbonyl (C=O) groups is 1. The fraction of sp³-hybridized carbons (Fsp3) is 0.182. The van der Waals surface area contributed by atoms with E-state index in [-0.39, 0.29) is 5.91 Å². The zero-order chi connectivity index (χ0) is 12.1. The lowest BCUT2D eigenvalue weighted by atomic mass is 10.2. The molecule has 0 aliphatic heterocycles. The van der Waals surface area contributed by atoms with E-state index in [9.17, 15) is 4.79 Å². The molecule has 2 N–H and O–H groups in total. The van der Waals surface area contributed by atoms with Gasteiger partial charge in [-0.15, -0.1) is 0 Å². The van der Waals surface area contributed by atoms with Crippen LogP contribution in [0.25, 0.3) is 0 Å². The van der Waals surface area contributed by atoms with E-state index in [1.54, 1.807) is 18.6 Å². The van der Waals surface area contributed by atoms with Gasteiger partial charge in [-0.1, -0.05) is 11.6 Å². The maximum absolute atomic E-state index is 11.7. The van der Waals surface area contributed by atoms with Crippen molar-refractivity contribution in [3.8, 4) is 0 Å². The van der Waals surface area contributed by atoms with Crippen LogP contribution in [0, 0.1) is 0 Å². The van der Waals surface area contributed by atoms with Gasteiger partial charge in [0.2, 0.25) is 0 Å². The van der Waals surface area contributed by atoms with Crippen LogP contribution in [0.4, 0.5) is 0 Å². The zero-order valence-electron chi connectivity index (χ0n) is 8.98. The van der Waals surface area contributed by atoms with Crippen molar-refractivity contribution in [1.29, 1.82) is 0 Å². The number of nitrogens with one attached hydrogen (secondary N) is 2. The number of hydrogen-bond acceptors (Lipinski definition) is 3. The molecule has 0 aliphatic rings. The summed E-state index contributed by atoms with van der Waals surface area (Å²) in [4.78, 5) is 22.4. The molecule has 2 aromatic rings. The van der Waals surface area contributed by atoms with Crippen LogP contribution >= 0.6 is 11.6 Å². The second kappa shape index (κ2) is 5.45. The number of amides is 1. The Morgan fingerprint density at radius 1 is 1.53 bits per heavy atom. The number of nitrogens with zero attached hydrogens (tertiary/aromatic N) is 2. The molecule has 0 aliphatic carbocycles. The predicted molar refractivity (Wildman–Crippen MR) is 63.9 cm³/mol. The SMILES string of the molecule is O=C(NCCc1cnc[nH]1)c1ccnc(Cl)c1. The van der Waals surface area contributed by atoms with Crippen LogP contribution in [0.3, 0.4) is 0 Å². The van der Waals surface area contributed by atoms with Gasteiger partial charge in [0.15, 0.2) is 0 Å². The normalized spacial score (nSPS) is 10.2. The summed E-state index contributed by atoms with van der Waals surface area (Å²) in [6.45, 7) is 0.543. The van der Waals surface area contributed by atoms with Crippen molar-refractivity contribution in [3.63, 3.8) is 0 Å². The molecule has 1 amide bonds. The molecule has 0 bridgehead atoms. The lowest BCUT2D eigenvalue weighted by Gasteiger charge is -2.04. The number of H-pyrrole nitrogens is 1. The van der Waals surface area contributed by atoms with Crippen LogP contribution in [0.2, 0.25) is 5.15 Å². The molecule has 0 atom stereocenters. The fourth-order valence-corrected chi connectivity index (χ4v) is 1.55. The Kier molecular flexibility index (Phi) is 3.72. The molecule has 0 fully saturated rings. The van der Waals surface area contributed by atoms with Crippen LogP contribution in [0.1, 0.15) is 16.1 Å². The summed E-state index contributed by atoms with van der Waals surface area (Å²) in [5.41, 5.74) is 1.49. The summed E-state index contributed by atoms with van der Waals surface area (Å²) in [6, 6.07) is 3.16. The molecule has 2 rings (SSSR count). The topological polar surface area (TPSA) is 70.7 Å². The summed E-state index contributed by atoms with van der Waals surface area (Å²) < 4.78 is 0. The van der Waals surface area contributed by atoms with Gasteiger partial charge in [-0.25, -0.2) is 9.97 Å². The second-order valence-corrected chi connectivity index (χ2v) is 3.84. The van der Waals surface area contributed by atoms with Crippen LogP contribution in [-0.4, -0.2) is 27.4 Å². The monoisotopic (exact) mass is 250 g/mol. The van der Waals surface area contributed by atoms with Gasteiger partial charge < -0.3 is 10.3 Å². The maximum Gasteiger partial charge on any atom is 0.251 e. The first kappa shape index (κ1) is 11.6. The van der Waals surface area contributed by atoms with Gasteiger partial charge in [0.1, 0.15) is 5.15 Å². The third-order valence-corrected chi connectivity index (χ3v) is 2.43. The molecule has 6 heteroatoms. The summed E-state index contributed by atoms with van der Waals surface area (Å²) in [5, 5.41) is 3.10. The van der Waals surface area contributed by atoms with Crippen molar-refractivity contribution in [2.75, 3.05) is 6.54 Å². The predicted octanol–water partition coefficient (Wildman–Crippen LogP) is 1.43. The van der Waals surface area contributed by atoms with Crippen LogP contribution in [-0.2, 0) is 6.42 Å². The molecular formula is C11H11ClN4O. The van der Waals surface area contributed by atoms with E-state index < -0.39 is 0 Å². The van der Waals surface area contributed by atoms with E-state index in [0.29, 0.717) is 23.7 Å². The fourth-order valence-electron chi connectivity index (χ4n) is 1.38. The Hall–Kier alpha value is -1.88. The average molecular weight is 251 g/mol. The number of carbonyl (C=O) groups excluding carboxylic acids is 1. The molecule has 0 spiro atoms. The van der Waals surface area contributed by atoms with Gasteiger partial charge in [-0.2, -0.15) is 0 Å². The molecule has 88 valence electrons. The molecule has 2 heterocycles. The maximum atomic E-state index is 11.7. The molecule has 2 aromatic heterocycles. The highest BCUT2D eigenvalue weighted by molar-refractivity contribution is 6.29. The van der Waals surface area contributed by atoms with Gasteiger partial charge in [0, 0.05) is 36.6 Å². The van der Waals surface area contributed by atoms with Crippen molar-refractivity contribution >= 4 is 17.5 Å². The van der Waals surface area contributed by atoms with E-state index in [1.807, 2.05) is 0 Å². The number of aromatic amines is 1. The Bertz CT molecular complexity index is 498. The smallest absolute Gasteiger partial charge is 0.251 e. The Balaban J connectivity index is 1.85. The van der Waals surface area contributed by atoms with Gasteiger partial charge in [0.25, 0.3) is 5.91 Å². The minimum Gasteiger partial charge on any atom is -0.352 e. The Morgan fingerprint density at radius 2 is 2.41 bits per heavy atom. The summed E-state index contributed by atoms with van der Waals surface area (Å²) in [7, 11) is 0. The van der Waals surface area contributed by atoms with Gasteiger partial charge in [-0.3, -0.25) is 4.79 Å². The first-order valence-electron chi connectivity index (χ1n) is 5.13. The van der Waals surface area contributed by atoms with Crippen LogP contribution in [0.15, 0.2) is 30.9 Å². The highest BCUT2D eigenvalue weighted by Gasteiger charge is 2.05. The highest BCUT2D eigenvalue weighted by Crippen LogP contribution is 2.06. The lowest BCUT2D eigenvalue weighted by Crippen LogP contribution is -2.25. The number of pyridine rings is 1. The van der Waals surface area contributed by atoms with Crippen molar-refractivity contribution in [1.82, 2.24) is 20.3 Å². The quantitative estimate of drug-likeness (QED) is 0.807. The van der Waals surface area contributed by atoms with Gasteiger partial charge in [-0.05, 0) is 12.1 Å².